The van der Waals surface area contributed by atoms with Crippen LogP contribution in [0, 0.1) is 6.92 Å². The molecule has 0 atom stereocenters. The summed E-state index contributed by atoms with van der Waals surface area (Å²) >= 11 is 0. The third-order valence-electron chi connectivity index (χ3n) is 2.78. The third kappa shape index (κ3) is 2.46. The van der Waals surface area contributed by atoms with Gasteiger partial charge in [-0.25, -0.2) is 8.42 Å². The average molecular weight is 272 g/mol. The summed E-state index contributed by atoms with van der Waals surface area (Å²) < 4.78 is 34.4. The highest BCUT2D eigenvalue weighted by atomic mass is 32.2. The van der Waals surface area contributed by atoms with Crippen molar-refractivity contribution in [2.24, 2.45) is 0 Å². The predicted octanol–water partition coefficient (Wildman–Crippen LogP) is 2.58. The first-order valence-electron chi connectivity index (χ1n) is 5.62. The van der Waals surface area contributed by atoms with Gasteiger partial charge >= 0.3 is 0 Å². The summed E-state index contributed by atoms with van der Waals surface area (Å²) in [6.45, 7) is 6.82. The average Bonchev–Trinajstić information content (AvgIpc) is 2.26. The van der Waals surface area contributed by atoms with Crippen LogP contribution in [0.15, 0.2) is 17.0 Å². The Morgan fingerprint density at radius 3 is 1.89 bits per heavy atom. The maximum absolute atomic E-state index is 12.5. The quantitative estimate of drug-likeness (QED) is 0.848. The van der Waals surface area contributed by atoms with E-state index in [0.717, 1.165) is 5.56 Å². The number of hydrogen-bond acceptors (Lipinski definition) is 4. The summed E-state index contributed by atoms with van der Waals surface area (Å²) in [5.74, 6) is 0.891. The van der Waals surface area contributed by atoms with Crippen molar-refractivity contribution in [3.8, 4) is 11.5 Å². The molecule has 0 spiro atoms. The van der Waals surface area contributed by atoms with Crippen LogP contribution in [0.3, 0.4) is 0 Å². The second kappa shape index (κ2) is 4.80. The second-order valence-corrected chi connectivity index (χ2v) is 7.76. The van der Waals surface area contributed by atoms with Crippen molar-refractivity contribution in [1.82, 2.24) is 0 Å². The number of sulfone groups is 1. The van der Waals surface area contributed by atoms with Crippen LogP contribution in [0.5, 0.6) is 11.5 Å². The van der Waals surface area contributed by atoms with Gasteiger partial charge in [0, 0.05) is 6.07 Å². The maximum atomic E-state index is 12.5. The lowest BCUT2D eigenvalue weighted by molar-refractivity contribution is 0.389. The summed E-state index contributed by atoms with van der Waals surface area (Å²) in [6, 6.07) is 3.20. The Morgan fingerprint density at radius 1 is 1.00 bits per heavy atom. The molecular formula is C13H20O4S. The van der Waals surface area contributed by atoms with Gasteiger partial charge in [-0.05, 0) is 39.3 Å². The normalized spacial score (nSPS) is 12.3. The first kappa shape index (κ1) is 14.8. The molecule has 4 nitrogen and oxygen atoms in total. The van der Waals surface area contributed by atoms with Gasteiger partial charge in [0.15, 0.2) is 9.84 Å². The Balaban J connectivity index is 3.59. The summed E-state index contributed by atoms with van der Waals surface area (Å²) in [6.07, 6.45) is 0. The van der Waals surface area contributed by atoms with E-state index in [9.17, 15) is 8.42 Å². The first-order valence-corrected chi connectivity index (χ1v) is 7.10. The number of aryl methyl sites for hydroxylation is 1. The Bertz CT molecular complexity index is 539. The maximum Gasteiger partial charge on any atom is 0.187 e. The molecule has 5 heteroatoms. The van der Waals surface area contributed by atoms with E-state index in [1.807, 2.05) is 6.92 Å². The van der Waals surface area contributed by atoms with Crippen molar-refractivity contribution in [2.75, 3.05) is 14.2 Å². The number of hydrogen-bond donors (Lipinski definition) is 0. The van der Waals surface area contributed by atoms with Crippen molar-refractivity contribution in [2.45, 2.75) is 37.3 Å². The van der Waals surface area contributed by atoms with Gasteiger partial charge in [-0.3, -0.25) is 0 Å². The standard InChI is InChI=1S/C13H20O4S/c1-9-7-11(17-6)12(8-10(9)16-5)18(14,15)13(2,3)4/h7-8H,1-6H3. The molecular weight excluding hydrogens is 252 g/mol. The fraction of sp³-hybridized carbons (Fsp3) is 0.538. The molecule has 102 valence electrons. The molecule has 0 aliphatic carbocycles. The minimum atomic E-state index is -3.47. The lowest BCUT2D eigenvalue weighted by Gasteiger charge is -2.22. The smallest absolute Gasteiger partial charge is 0.187 e. The highest BCUT2D eigenvalue weighted by Gasteiger charge is 2.34. The van der Waals surface area contributed by atoms with E-state index in [0.29, 0.717) is 11.5 Å². The van der Waals surface area contributed by atoms with E-state index in [-0.39, 0.29) is 4.90 Å². The van der Waals surface area contributed by atoms with Gasteiger partial charge < -0.3 is 9.47 Å². The van der Waals surface area contributed by atoms with Gasteiger partial charge in [0.2, 0.25) is 0 Å². The first-order chi connectivity index (χ1) is 8.15. The summed E-state index contributed by atoms with van der Waals surface area (Å²) in [5.41, 5.74) is 0.835. The highest BCUT2D eigenvalue weighted by Crippen LogP contribution is 2.36. The predicted molar refractivity (Wildman–Crippen MR) is 71.2 cm³/mol. The Hall–Kier alpha value is -1.23. The molecule has 0 aromatic heterocycles. The zero-order valence-corrected chi connectivity index (χ0v) is 12.5. The second-order valence-electron chi connectivity index (χ2n) is 5.09. The molecule has 0 saturated heterocycles. The molecule has 0 fully saturated rings. The number of methoxy groups -OCH3 is 2. The highest BCUT2D eigenvalue weighted by molar-refractivity contribution is 7.92. The van der Waals surface area contributed by atoms with E-state index in [2.05, 4.69) is 0 Å². The van der Waals surface area contributed by atoms with Gasteiger partial charge in [-0.2, -0.15) is 0 Å². The summed E-state index contributed by atoms with van der Waals surface area (Å²) in [4.78, 5) is 0.167. The van der Waals surface area contributed by atoms with Gasteiger partial charge in [0.05, 0.1) is 19.0 Å². The van der Waals surface area contributed by atoms with Crippen LogP contribution >= 0.6 is 0 Å². The largest absolute Gasteiger partial charge is 0.496 e. The van der Waals surface area contributed by atoms with Crippen molar-refractivity contribution >= 4 is 9.84 Å². The molecule has 0 unspecified atom stereocenters. The fourth-order valence-electron chi connectivity index (χ4n) is 1.56. The molecule has 1 aromatic rings. The lowest BCUT2D eigenvalue weighted by atomic mass is 10.2. The summed E-state index contributed by atoms with van der Waals surface area (Å²) in [7, 11) is -0.496. The van der Waals surface area contributed by atoms with Crippen LogP contribution in [-0.2, 0) is 9.84 Å². The van der Waals surface area contributed by atoms with Crippen LogP contribution in [0.1, 0.15) is 26.3 Å². The van der Waals surface area contributed by atoms with E-state index < -0.39 is 14.6 Å². The Morgan fingerprint density at radius 2 is 1.50 bits per heavy atom. The van der Waals surface area contributed by atoms with Gasteiger partial charge in [0.25, 0.3) is 0 Å². The number of rotatable bonds is 3. The van der Waals surface area contributed by atoms with Crippen molar-refractivity contribution in [1.29, 1.82) is 0 Å². The minimum Gasteiger partial charge on any atom is -0.496 e. The van der Waals surface area contributed by atoms with Crippen molar-refractivity contribution < 1.29 is 17.9 Å². The SMILES string of the molecule is COc1cc(S(=O)(=O)C(C)(C)C)c(OC)cc1C. The molecule has 0 amide bonds. The van der Waals surface area contributed by atoms with E-state index in [1.54, 1.807) is 26.8 Å². The molecule has 0 N–H and O–H groups in total. The molecule has 0 aliphatic heterocycles. The van der Waals surface area contributed by atoms with Gasteiger partial charge in [-0.1, -0.05) is 0 Å². The van der Waals surface area contributed by atoms with Gasteiger partial charge in [0.1, 0.15) is 16.4 Å². The zero-order valence-electron chi connectivity index (χ0n) is 11.7. The van der Waals surface area contributed by atoms with E-state index in [1.165, 1.54) is 20.3 Å². The zero-order chi connectivity index (χ0) is 14.1. The Kier molecular flexibility index (Phi) is 3.96. The monoisotopic (exact) mass is 272 g/mol. The van der Waals surface area contributed by atoms with Crippen LogP contribution in [0.25, 0.3) is 0 Å². The molecule has 18 heavy (non-hydrogen) atoms. The molecule has 1 aromatic carbocycles. The van der Waals surface area contributed by atoms with Gasteiger partial charge in [-0.15, -0.1) is 0 Å². The van der Waals surface area contributed by atoms with Crippen LogP contribution in [0.2, 0.25) is 0 Å². The van der Waals surface area contributed by atoms with Crippen molar-refractivity contribution in [3.63, 3.8) is 0 Å². The molecule has 1 rings (SSSR count). The minimum absolute atomic E-state index is 0.167. The topological polar surface area (TPSA) is 52.6 Å². The molecule has 0 aliphatic rings. The molecule has 0 saturated carbocycles. The summed E-state index contributed by atoms with van der Waals surface area (Å²) in [5, 5.41) is 0. The van der Waals surface area contributed by atoms with Crippen molar-refractivity contribution in [3.05, 3.63) is 17.7 Å². The Labute approximate surface area is 109 Å². The lowest BCUT2D eigenvalue weighted by Crippen LogP contribution is -2.28. The molecule has 0 radical (unpaired) electrons. The number of ether oxygens (including phenoxy) is 2. The van der Waals surface area contributed by atoms with Crippen LogP contribution in [0.4, 0.5) is 0 Å². The molecule has 0 bridgehead atoms. The molecule has 0 heterocycles. The van der Waals surface area contributed by atoms with E-state index in [4.69, 9.17) is 9.47 Å². The van der Waals surface area contributed by atoms with Crippen LogP contribution < -0.4 is 9.47 Å². The number of benzene rings is 1. The van der Waals surface area contributed by atoms with E-state index >= 15 is 0 Å². The third-order valence-corrected chi connectivity index (χ3v) is 5.29. The van der Waals surface area contributed by atoms with Crippen LogP contribution in [-0.4, -0.2) is 27.4 Å². The fourth-order valence-corrected chi connectivity index (χ4v) is 2.89.